The predicted octanol–water partition coefficient (Wildman–Crippen LogP) is 7.12. The molecule has 51 heavy (non-hydrogen) atoms. The quantitative estimate of drug-likeness (QED) is 0.211. The Balaban J connectivity index is 0.000000428. The van der Waals surface area contributed by atoms with Crippen molar-refractivity contribution in [2.24, 2.45) is 17.8 Å². The number of aryl methyl sites for hydroxylation is 1. The van der Waals surface area contributed by atoms with Crippen molar-refractivity contribution in [3.63, 3.8) is 0 Å². The summed E-state index contributed by atoms with van der Waals surface area (Å²) in [5, 5.41) is 15.6. The SMILES string of the molecule is C1CCN2CCNCC2C1.CCCc1cc(Cl)ccc1C1COc2ccc(C(=O)NS(=O)CC)cc2N(CC2CCC2[C@@](C)(O)/C=C/C(C)C)C1. The predicted molar refractivity (Wildman–Crippen MR) is 211 cm³/mol. The average molecular weight is 741 g/mol. The summed E-state index contributed by atoms with van der Waals surface area (Å²) in [5.41, 5.74) is 2.91. The summed E-state index contributed by atoms with van der Waals surface area (Å²) in [6.45, 7) is 17.1. The topological polar surface area (TPSA) is 94.1 Å². The van der Waals surface area contributed by atoms with E-state index in [-0.39, 0.29) is 17.7 Å². The highest BCUT2D eigenvalue weighted by Crippen LogP contribution is 2.45. The molecule has 8 nitrogen and oxygen atoms in total. The summed E-state index contributed by atoms with van der Waals surface area (Å²) >= 11 is 6.39. The number of carbonyl (C=O) groups is 1. The maximum Gasteiger partial charge on any atom is 0.263 e. The van der Waals surface area contributed by atoms with Gasteiger partial charge in [0.05, 0.1) is 17.9 Å². The minimum Gasteiger partial charge on any atom is -0.491 e. The number of rotatable bonds is 11. The molecule has 4 aliphatic rings. The Morgan fingerprint density at radius 3 is 2.69 bits per heavy atom. The van der Waals surface area contributed by atoms with Gasteiger partial charge < -0.3 is 20.1 Å². The second-order valence-corrected chi connectivity index (χ2v) is 17.3. The number of ether oxygens (including phenoxy) is 1. The molecule has 2 aromatic carbocycles. The third-order valence-electron chi connectivity index (χ3n) is 11.1. The maximum atomic E-state index is 12.9. The molecule has 1 aliphatic carbocycles. The van der Waals surface area contributed by atoms with Crippen molar-refractivity contribution >= 4 is 34.2 Å². The lowest BCUT2D eigenvalue weighted by Crippen LogP contribution is -2.53. The fraction of sp³-hybridized carbons (Fsp3) is 0.634. The minimum absolute atomic E-state index is 0.103. The lowest BCUT2D eigenvalue weighted by molar-refractivity contribution is -0.0313. The molecule has 0 radical (unpaired) electrons. The Morgan fingerprint density at radius 2 is 1.98 bits per heavy atom. The van der Waals surface area contributed by atoms with Crippen LogP contribution in [0.4, 0.5) is 5.69 Å². The van der Waals surface area contributed by atoms with E-state index in [9.17, 15) is 14.1 Å². The Kier molecular flexibility index (Phi) is 14.5. The van der Waals surface area contributed by atoms with E-state index in [2.05, 4.69) is 58.8 Å². The van der Waals surface area contributed by atoms with Crippen LogP contribution in [0.5, 0.6) is 5.75 Å². The summed E-state index contributed by atoms with van der Waals surface area (Å²) in [5.74, 6) is 1.63. The molecule has 5 unspecified atom stereocenters. The van der Waals surface area contributed by atoms with Gasteiger partial charge in [-0.25, -0.2) is 4.21 Å². The Labute approximate surface area is 314 Å². The van der Waals surface area contributed by atoms with Gasteiger partial charge in [-0.2, -0.15) is 0 Å². The number of hydrogen-bond acceptors (Lipinski definition) is 7. The Morgan fingerprint density at radius 1 is 1.16 bits per heavy atom. The van der Waals surface area contributed by atoms with Crippen LogP contribution >= 0.6 is 11.6 Å². The van der Waals surface area contributed by atoms with Crippen molar-refractivity contribution in [2.75, 3.05) is 56.5 Å². The Bertz CT molecular complexity index is 1490. The molecule has 6 atom stereocenters. The third kappa shape index (κ3) is 10.6. The number of benzene rings is 2. The lowest BCUT2D eigenvalue weighted by atomic mass is 9.65. The van der Waals surface area contributed by atoms with E-state index in [1.165, 1.54) is 56.6 Å². The van der Waals surface area contributed by atoms with Gasteiger partial charge in [0.2, 0.25) is 0 Å². The lowest BCUT2D eigenvalue weighted by Gasteiger charge is -2.47. The standard InChI is InChI=1S/C33H45ClN2O4S.C8H16N2/c1-6-8-23-17-27(34)11-12-28(23)26-20-36(19-25-9-13-29(25)33(5,38)16-15-22(3)4)30-18-24(10-14-31(30)40-21-26)32(37)35-41(39)7-2;1-2-5-10-6-4-9-7-8(10)3-1/h10-12,14-18,22,25-26,29,38H,6-9,13,19-21H2,1-5H3,(H,35,37);8-9H,1-7H2/b16-15+;/t25?,26?,29?,33-,41?;/m0./s1. The van der Waals surface area contributed by atoms with Crippen LogP contribution in [0.2, 0.25) is 5.02 Å². The number of carbonyl (C=O) groups excluding carboxylic acids is 1. The first-order chi connectivity index (χ1) is 24.5. The zero-order chi connectivity index (χ0) is 36.5. The third-order valence-corrected chi connectivity index (χ3v) is 12.3. The molecule has 282 valence electrons. The second kappa shape index (κ2) is 18.6. The zero-order valence-corrected chi connectivity index (χ0v) is 33.0. The van der Waals surface area contributed by atoms with Crippen molar-refractivity contribution in [1.29, 1.82) is 0 Å². The highest BCUT2D eigenvalue weighted by molar-refractivity contribution is 7.83. The largest absolute Gasteiger partial charge is 0.491 e. The number of fused-ring (bicyclic) bond motifs is 2. The molecule has 3 N–H and O–H groups in total. The molecule has 1 amide bonds. The molecule has 3 aliphatic heterocycles. The van der Waals surface area contributed by atoms with Crippen LogP contribution in [0.1, 0.15) is 101 Å². The molecule has 1 saturated carbocycles. The van der Waals surface area contributed by atoms with Crippen LogP contribution in [-0.4, -0.2) is 83.4 Å². The molecule has 2 aromatic rings. The average Bonchev–Trinajstić information content (AvgIpc) is 3.28. The van der Waals surface area contributed by atoms with Gasteiger partial charge in [0, 0.05) is 61.0 Å². The number of nitrogens with zero attached hydrogens (tertiary/aromatic N) is 2. The maximum absolute atomic E-state index is 12.9. The molecule has 0 aromatic heterocycles. The van der Waals surface area contributed by atoms with Crippen molar-refractivity contribution in [3.8, 4) is 5.75 Å². The van der Waals surface area contributed by atoms with Crippen LogP contribution in [0.15, 0.2) is 48.6 Å². The number of nitrogens with one attached hydrogen (secondary N) is 2. The molecule has 6 rings (SSSR count). The van der Waals surface area contributed by atoms with Crippen LogP contribution in [0, 0.1) is 17.8 Å². The molecule has 2 saturated heterocycles. The molecule has 3 heterocycles. The molecular formula is C41H61ClN4O4S. The molecule has 3 fully saturated rings. The van der Waals surface area contributed by atoms with E-state index < -0.39 is 16.6 Å². The smallest absolute Gasteiger partial charge is 0.263 e. The number of hydrogen-bond donors (Lipinski definition) is 3. The van der Waals surface area contributed by atoms with Gasteiger partial charge in [0.1, 0.15) is 16.7 Å². The molecule has 0 bridgehead atoms. The van der Waals surface area contributed by atoms with Gasteiger partial charge in [-0.1, -0.05) is 70.4 Å². The summed E-state index contributed by atoms with van der Waals surface area (Å²) in [6, 6.07) is 12.5. The summed E-state index contributed by atoms with van der Waals surface area (Å²) in [4.78, 5) is 17.9. The number of allylic oxidation sites excluding steroid dienone is 1. The van der Waals surface area contributed by atoms with Crippen LogP contribution in [-0.2, 0) is 17.4 Å². The van der Waals surface area contributed by atoms with E-state index in [1.807, 2.05) is 31.2 Å². The van der Waals surface area contributed by atoms with Gasteiger partial charge in [-0.15, -0.1) is 0 Å². The van der Waals surface area contributed by atoms with Crippen LogP contribution in [0.3, 0.4) is 0 Å². The summed E-state index contributed by atoms with van der Waals surface area (Å²) < 4.78 is 21.0. The fourth-order valence-corrected chi connectivity index (χ4v) is 8.78. The van der Waals surface area contributed by atoms with Gasteiger partial charge in [0.15, 0.2) is 0 Å². The number of halogens is 1. The summed E-state index contributed by atoms with van der Waals surface area (Å²) in [6.07, 6.45) is 12.3. The van der Waals surface area contributed by atoms with Gasteiger partial charge >= 0.3 is 0 Å². The number of piperazine rings is 1. The van der Waals surface area contributed by atoms with Crippen LogP contribution in [0.25, 0.3) is 0 Å². The number of aliphatic hydroxyl groups is 1. The number of amides is 1. The highest BCUT2D eigenvalue weighted by Gasteiger charge is 2.43. The van der Waals surface area contributed by atoms with Crippen molar-refractivity contribution < 1.29 is 18.8 Å². The zero-order valence-electron chi connectivity index (χ0n) is 31.5. The van der Waals surface area contributed by atoms with Crippen molar-refractivity contribution in [3.05, 3.63) is 70.3 Å². The fourth-order valence-electron chi connectivity index (χ4n) is 8.12. The number of piperidine rings is 1. The van der Waals surface area contributed by atoms with E-state index in [1.54, 1.807) is 13.0 Å². The monoisotopic (exact) mass is 740 g/mol. The van der Waals surface area contributed by atoms with E-state index in [0.717, 1.165) is 54.7 Å². The van der Waals surface area contributed by atoms with Gasteiger partial charge in [0.25, 0.3) is 5.91 Å². The molecule has 10 heteroatoms. The van der Waals surface area contributed by atoms with Crippen molar-refractivity contribution in [1.82, 2.24) is 14.9 Å². The Hall–Kier alpha value is -2.43. The van der Waals surface area contributed by atoms with E-state index >= 15 is 0 Å². The van der Waals surface area contributed by atoms with E-state index in [0.29, 0.717) is 36.3 Å². The highest BCUT2D eigenvalue weighted by atomic mass is 35.5. The summed E-state index contributed by atoms with van der Waals surface area (Å²) in [7, 11) is -1.42. The van der Waals surface area contributed by atoms with Gasteiger partial charge in [-0.3, -0.25) is 14.4 Å². The molecular weight excluding hydrogens is 680 g/mol. The normalized spacial score (nSPS) is 25.3. The van der Waals surface area contributed by atoms with Gasteiger partial charge in [-0.05, 0) is 105 Å². The first-order valence-electron chi connectivity index (χ1n) is 19.3. The first-order valence-corrected chi connectivity index (χ1v) is 21.0. The number of anilines is 1. The molecule has 0 spiro atoms. The van der Waals surface area contributed by atoms with Crippen molar-refractivity contribution in [2.45, 2.75) is 97.1 Å². The first kappa shape index (κ1) is 39.8. The minimum atomic E-state index is -1.42. The van der Waals surface area contributed by atoms with Crippen LogP contribution < -0.4 is 19.7 Å². The second-order valence-electron chi connectivity index (χ2n) is 15.4. The van der Waals surface area contributed by atoms with E-state index in [4.69, 9.17) is 16.3 Å².